The lowest BCUT2D eigenvalue weighted by Crippen LogP contribution is -2.22. The third-order valence-corrected chi connectivity index (χ3v) is 3.64. The van der Waals surface area contributed by atoms with Gasteiger partial charge in [0.2, 0.25) is 0 Å². The van der Waals surface area contributed by atoms with Crippen LogP contribution >= 0.6 is 39.1 Å². The molecule has 0 radical (unpaired) electrons. The molecule has 0 aromatic heterocycles. The smallest absolute Gasteiger partial charge is 0.0942 e. The summed E-state index contributed by atoms with van der Waals surface area (Å²) >= 11 is 15.0. The minimum Gasteiger partial charge on any atom is -0.394 e. The summed E-state index contributed by atoms with van der Waals surface area (Å²) in [7, 11) is 0. The van der Waals surface area contributed by atoms with E-state index < -0.39 is 6.10 Å². The highest BCUT2D eigenvalue weighted by atomic mass is 79.9. The molecule has 84 valence electrons. The monoisotopic (exact) mass is 313 g/mol. The highest BCUT2D eigenvalue weighted by Gasteiger charge is 2.06. The molecule has 1 atom stereocenters. The Bertz CT molecular complexity index is 326. The van der Waals surface area contributed by atoms with E-state index in [1.54, 1.807) is 12.1 Å². The van der Waals surface area contributed by atoms with Crippen molar-refractivity contribution in [3.05, 3.63) is 26.7 Å². The summed E-state index contributed by atoms with van der Waals surface area (Å²) in [5, 5.41) is 21.6. The maximum atomic E-state index is 9.12. The van der Waals surface area contributed by atoms with Crippen molar-refractivity contribution in [2.75, 3.05) is 18.5 Å². The van der Waals surface area contributed by atoms with Gasteiger partial charge in [0.15, 0.2) is 0 Å². The molecule has 1 aromatic carbocycles. The van der Waals surface area contributed by atoms with Crippen LogP contribution in [0.3, 0.4) is 0 Å². The Morgan fingerprint density at radius 1 is 1.33 bits per heavy atom. The molecule has 15 heavy (non-hydrogen) atoms. The summed E-state index contributed by atoms with van der Waals surface area (Å²) in [6.45, 7) is -0.0459. The first-order valence-corrected chi connectivity index (χ1v) is 5.77. The Hall–Kier alpha value is -0.0000000000000000555. The Balaban J connectivity index is 2.70. The minimum absolute atomic E-state index is 0.241. The van der Waals surface area contributed by atoms with Gasteiger partial charge in [0.05, 0.1) is 27.2 Å². The second-order valence-electron chi connectivity index (χ2n) is 2.97. The molecule has 0 aliphatic rings. The van der Waals surface area contributed by atoms with E-state index in [2.05, 4.69) is 21.2 Å². The zero-order valence-corrected chi connectivity index (χ0v) is 10.8. The summed E-state index contributed by atoms with van der Waals surface area (Å²) < 4.78 is 0.638. The first kappa shape index (κ1) is 13.1. The van der Waals surface area contributed by atoms with Gasteiger partial charge < -0.3 is 15.5 Å². The fraction of sp³-hybridized carbons (Fsp3) is 0.333. The zero-order valence-electron chi connectivity index (χ0n) is 7.67. The van der Waals surface area contributed by atoms with Crippen LogP contribution in [0.4, 0.5) is 5.69 Å². The molecule has 0 bridgehead atoms. The molecule has 6 heteroatoms. The predicted octanol–water partition coefficient (Wildman–Crippen LogP) is 2.52. The van der Waals surface area contributed by atoms with E-state index in [1.165, 1.54) is 0 Å². The highest BCUT2D eigenvalue weighted by molar-refractivity contribution is 9.10. The first-order valence-electron chi connectivity index (χ1n) is 4.22. The van der Waals surface area contributed by atoms with Crippen molar-refractivity contribution in [3.8, 4) is 0 Å². The van der Waals surface area contributed by atoms with Crippen molar-refractivity contribution >= 4 is 44.8 Å². The van der Waals surface area contributed by atoms with Crippen LogP contribution in [0.15, 0.2) is 16.6 Å². The molecule has 3 nitrogen and oxygen atoms in total. The Labute approximate surface area is 106 Å². The molecule has 0 aliphatic heterocycles. The van der Waals surface area contributed by atoms with Gasteiger partial charge in [-0.3, -0.25) is 0 Å². The molecule has 3 N–H and O–H groups in total. The molecular formula is C9H10BrCl2NO2. The zero-order chi connectivity index (χ0) is 11.4. The van der Waals surface area contributed by atoms with Crippen molar-refractivity contribution in [1.29, 1.82) is 0 Å². The molecule has 0 aliphatic carbocycles. The molecular weight excluding hydrogens is 305 g/mol. The Morgan fingerprint density at radius 2 is 1.87 bits per heavy atom. The first-order chi connectivity index (χ1) is 7.04. The van der Waals surface area contributed by atoms with Gasteiger partial charge in [-0.15, -0.1) is 0 Å². The van der Waals surface area contributed by atoms with Gasteiger partial charge in [-0.1, -0.05) is 23.2 Å². The van der Waals surface area contributed by atoms with Gasteiger partial charge in [-0.05, 0) is 28.1 Å². The number of halogens is 3. The lowest BCUT2D eigenvalue weighted by Gasteiger charge is -2.11. The van der Waals surface area contributed by atoms with Crippen molar-refractivity contribution in [2.45, 2.75) is 6.10 Å². The molecule has 0 saturated heterocycles. The van der Waals surface area contributed by atoms with E-state index in [9.17, 15) is 0 Å². The van der Waals surface area contributed by atoms with E-state index in [-0.39, 0.29) is 13.2 Å². The maximum Gasteiger partial charge on any atom is 0.0942 e. The lowest BCUT2D eigenvalue weighted by molar-refractivity contribution is 0.105. The second-order valence-corrected chi connectivity index (χ2v) is 4.58. The van der Waals surface area contributed by atoms with Gasteiger partial charge >= 0.3 is 0 Å². The van der Waals surface area contributed by atoms with Gasteiger partial charge in [0.1, 0.15) is 0 Å². The van der Waals surface area contributed by atoms with Gasteiger partial charge in [-0.2, -0.15) is 0 Å². The molecule has 0 saturated carbocycles. The SMILES string of the molecule is OCC(O)CNc1cc(Cl)c(Br)c(Cl)c1. The van der Waals surface area contributed by atoms with Crippen molar-refractivity contribution in [1.82, 2.24) is 0 Å². The fourth-order valence-corrected chi connectivity index (χ4v) is 1.67. The summed E-state index contributed by atoms with van der Waals surface area (Å²) in [5.41, 5.74) is 0.695. The van der Waals surface area contributed by atoms with Crippen molar-refractivity contribution in [3.63, 3.8) is 0 Å². The van der Waals surface area contributed by atoms with Crippen molar-refractivity contribution in [2.24, 2.45) is 0 Å². The van der Waals surface area contributed by atoms with Crippen LogP contribution in [0.25, 0.3) is 0 Å². The minimum atomic E-state index is -0.800. The van der Waals surface area contributed by atoms with Gasteiger partial charge in [-0.25, -0.2) is 0 Å². The topological polar surface area (TPSA) is 52.5 Å². The summed E-state index contributed by atoms with van der Waals surface area (Å²) in [5.74, 6) is 0. The van der Waals surface area contributed by atoms with E-state index in [0.29, 0.717) is 20.2 Å². The number of anilines is 1. The molecule has 0 spiro atoms. The van der Waals surface area contributed by atoms with Gasteiger partial charge in [0, 0.05) is 12.2 Å². The number of rotatable bonds is 4. The molecule has 1 aromatic rings. The van der Waals surface area contributed by atoms with Crippen LogP contribution in [0.1, 0.15) is 0 Å². The standard InChI is InChI=1S/C9H10BrCl2NO2/c10-9-7(11)1-5(2-8(9)12)13-3-6(15)4-14/h1-2,6,13-15H,3-4H2. The average Bonchev–Trinajstić information content (AvgIpc) is 2.22. The summed E-state index contributed by atoms with van der Waals surface area (Å²) in [4.78, 5) is 0. The largest absolute Gasteiger partial charge is 0.394 e. The third-order valence-electron chi connectivity index (χ3n) is 1.74. The maximum absolute atomic E-state index is 9.12. The predicted molar refractivity (Wildman–Crippen MR) is 65.7 cm³/mol. The Kier molecular flexibility index (Phi) is 5.15. The molecule has 0 heterocycles. The number of aliphatic hydroxyl groups is 2. The normalized spacial score (nSPS) is 12.6. The van der Waals surface area contributed by atoms with Gasteiger partial charge in [0.25, 0.3) is 0 Å². The Morgan fingerprint density at radius 3 is 2.33 bits per heavy atom. The summed E-state index contributed by atoms with van der Waals surface area (Å²) in [6.07, 6.45) is -0.800. The quantitative estimate of drug-likeness (QED) is 0.749. The number of nitrogens with one attached hydrogen (secondary N) is 1. The number of hydrogen-bond donors (Lipinski definition) is 3. The van der Waals surface area contributed by atoms with E-state index in [4.69, 9.17) is 33.4 Å². The van der Waals surface area contributed by atoms with E-state index in [1.807, 2.05) is 0 Å². The number of hydrogen-bond acceptors (Lipinski definition) is 3. The van der Waals surface area contributed by atoms with Crippen LogP contribution in [0.5, 0.6) is 0 Å². The third kappa shape index (κ3) is 3.81. The average molecular weight is 315 g/mol. The lowest BCUT2D eigenvalue weighted by atomic mass is 10.3. The highest BCUT2D eigenvalue weighted by Crippen LogP contribution is 2.33. The number of aliphatic hydroxyl groups excluding tert-OH is 2. The molecule has 1 unspecified atom stereocenters. The molecule has 1 rings (SSSR count). The molecule has 0 amide bonds. The number of benzene rings is 1. The van der Waals surface area contributed by atoms with Crippen LogP contribution in [0.2, 0.25) is 10.0 Å². The van der Waals surface area contributed by atoms with Crippen molar-refractivity contribution < 1.29 is 10.2 Å². The van der Waals surface area contributed by atoms with E-state index >= 15 is 0 Å². The van der Waals surface area contributed by atoms with Crippen LogP contribution in [0, 0.1) is 0 Å². The summed E-state index contributed by atoms with van der Waals surface area (Å²) in [6, 6.07) is 3.36. The van der Waals surface area contributed by atoms with E-state index in [0.717, 1.165) is 0 Å². The van der Waals surface area contributed by atoms with Crippen LogP contribution < -0.4 is 5.32 Å². The second kappa shape index (κ2) is 5.92. The molecule has 0 fully saturated rings. The fourth-order valence-electron chi connectivity index (χ4n) is 0.958. The van der Waals surface area contributed by atoms with Crippen LogP contribution in [-0.2, 0) is 0 Å². The van der Waals surface area contributed by atoms with Crippen LogP contribution in [-0.4, -0.2) is 29.5 Å².